The van der Waals surface area contributed by atoms with Crippen molar-refractivity contribution in [2.24, 2.45) is 0 Å². The molecule has 0 unspecified atom stereocenters. The summed E-state index contributed by atoms with van der Waals surface area (Å²) in [7, 11) is 2.27. The van der Waals surface area contributed by atoms with Crippen molar-refractivity contribution < 1.29 is 92.3 Å². The van der Waals surface area contributed by atoms with Crippen LogP contribution < -0.4 is 0 Å². The number of fused-ring (bicyclic) bond motifs is 2. The van der Waals surface area contributed by atoms with Crippen LogP contribution in [-0.4, -0.2) is 120 Å². The van der Waals surface area contributed by atoms with E-state index >= 15 is 0 Å². The summed E-state index contributed by atoms with van der Waals surface area (Å²) in [5.74, 6) is -9.78. The lowest BCUT2D eigenvalue weighted by molar-refractivity contribution is -0.193. The van der Waals surface area contributed by atoms with Crippen molar-refractivity contribution in [2.75, 3.05) is 26.7 Å². The molecule has 312 valence electrons. The van der Waals surface area contributed by atoms with E-state index in [0.29, 0.717) is 0 Å². The molecule has 2 aliphatic rings. The van der Waals surface area contributed by atoms with Crippen LogP contribution in [0.15, 0.2) is 60.9 Å². The third kappa shape index (κ3) is 15.3. The number of carboxylic acid groups (broad SMARTS) is 4. The van der Waals surface area contributed by atoms with Gasteiger partial charge in [0.2, 0.25) is 0 Å². The summed E-state index contributed by atoms with van der Waals surface area (Å²) in [5, 5.41) is 28.5. The van der Waals surface area contributed by atoms with Gasteiger partial charge in [0.05, 0.1) is 23.1 Å². The molecule has 1 spiro atoms. The minimum absolute atomic E-state index is 0.0475. The van der Waals surface area contributed by atoms with Crippen molar-refractivity contribution >= 4 is 23.9 Å². The Hall–Kier alpha value is -5.46. The van der Waals surface area contributed by atoms with Gasteiger partial charge < -0.3 is 25.0 Å². The van der Waals surface area contributed by atoms with E-state index in [1.807, 2.05) is 12.3 Å². The van der Waals surface area contributed by atoms with E-state index in [-0.39, 0.29) is 5.54 Å². The molecule has 2 aliphatic heterocycles. The van der Waals surface area contributed by atoms with E-state index in [4.69, 9.17) is 44.6 Å². The normalized spacial score (nSPS) is 15.4. The van der Waals surface area contributed by atoms with Gasteiger partial charge in [-0.25, -0.2) is 24.2 Å². The molecule has 4 N–H and O–H groups in total. The first kappa shape index (κ1) is 48.6. The molecule has 3 aromatic rings. The number of alkyl halides is 12. The summed E-state index contributed by atoms with van der Waals surface area (Å²) in [5.41, 5.74) is 3.71. The van der Waals surface area contributed by atoms with Gasteiger partial charge in [0.25, 0.3) is 0 Å². The van der Waals surface area contributed by atoms with Crippen molar-refractivity contribution in [3.8, 4) is 11.3 Å². The van der Waals surface area contributed by atoms with Crippen molar-refractivity contribution in [1.29, 1.82) is 0 Å². The molecule has 0 radical (unpaired) electrons. The fraction of sp³-hybridized carbons (Fsp3) is 0.419. The van der Waals surface area contributed by atoms with E-state index in [1.165, 1.54) is 17.1 Å². The van der Waals surface area contributed by atoms with Crippen molar-refractivity contribution in [3.63, 3.8) is 0 Å². The minimum Gasteiger partial charge on any atom is -0.475 e. The second-order valence-corrected chi connectivity index (χ2v) is 11.2. The summed E-state index contributed by atoms with van der Waals surface area (Å²) in [4.78, 5) is 50.1. The summed E-state index contributed by atoms with van der Waals surface area (Å²) in [6.45, 7) is 5.17. The summed E-state index contributed by atoms with van der Waals surface area (Å²) in [6, 6.07) is 16.8. The molecule has 1 saturated heterocycles. The van der Waals surface area contributed by atoms with Crippen LogP contribution in [0.3, 0.4) is 0 Å². The van der Waals surface area contributed by atoms with Gasteiger partial charge in [-0.2, -0.15) is 52.7 Å². The molecule has 13 nitrogen and oxygen atoms in total. The number of carbonyl (C=O) groups is 4. The maximum Gasteiger partial charge on any atom is 0.490 e. The van der Waals surface area contributed by atoms with E-state index in [0.717, 1.165) is 51.3 Å². The third-order valence-corrected chi connectivity index (χ3v) is 7.50. The van der Waals surface area contributed by atoms with E-state index in [9.17, 15) is 52.7 Å². The molecule has 4 heterocycles. The Morgan fingerprint density at radius 1 is 0.625 bits per heavy atom. The summed E-state index contributed by atoms with van der Waals surface area (Å²) >= 11 is 0. The zero-order valence-corrected chi connectivity index (χ0v) is 28.4. The van der Waals surface area contributed by atoms with Gasteiger partial charge in [0.1, 0.15) is 5.82 Å². The predicted octanol–water partition coefficient (Wildman–Crippen LogP) is 5.92. The minimum atomic E-state index is -5.08. The molecular weight excluding hydrogens is 798 g/mol. The molecule has 0 bridgehead atoms. The van der Waals surface area contributed by atoms with Crippen molar-refractivity contribution in [1.82, 2.24) is 24.3 Å². The van der Waals surface area contributed by atoms with Crippen molar-refractivity contribution in [3.05, 3.63) is 72.4 Å². The van der Waals surface area contributed by atoms with Gasteiger partial charge in [-0.3, -0.25) is 14.8 Å². The van der Waals surface area contributed by atoms with Gasteiger partial charge in [-0.05, 0) is 37.6 Å². The van der Waals surface area contributed by atoms with Crippen LogP contribution in [0.2, 0.25) is 0 Å². The quantitative estimate of drug-likeness (QED) is 0.229. The lowest BCUT2D eigenvalue weighted by atomic mass is 9.83. The first-order valence-electron chi connectivity index (χ1n) is 15.2. The lowest BCUT2D eigenvalue weighted by Gasteiger charge is -2.49. The molecule has 1 aromatic carbocycles. The Bertz CT molecular complexity index is 1630. The zero-order valence-electron chi connectivity index (χ0n) is 28.4. The Morgan fingerprint density at radius 3 is 1.41 bits per heavy atom. The number of hydrogen-bond donors (Lipinski definition) is 4. The Balaban J connectivity index is 0.000000457. The highest BCUT2D eigenvalue weighted by atomic mass is 19.4. The molecular formula is C31H31F12N5O8. The first-order chi connectivity index (χ1) is 25.5. The molecule has 0 saturated carbocycles. The number of likely N-dealkylation sites (N-methyl/N-ethyl adjacent to an activating group) is 1. The standard InChI is InChI=1S/C23H27N5.4C2HF3O2/c1-26-15-16-28-21(19-7-3-2-4-8-19)17-25-22(28)23(26)10-13-27(14-11-23)18-20-9-5-6-12-24-20;4*3-2(4,5)1(6)7/h2-9,12,17H,10-11,13-16,18H2,1H3;4*(H,6,7). The number of rotatable bonds is 3. The highest BCUT2D eigenvalue weighted by Gasteiger charge is 2.46. The maximum absolute atomic E-state index is 10.6. The molecule has 2 aromatic heterocycles. The van der Waals surface area contributed by atoms with Crippen LogP contribution in [0.25, 0.3) is 11.3 Å². The van der Waals surface area contributed by atoms with Crippen LogP contribution in [-0.2, 0) is 37.8 Å². The molecule has 0 aliphatic carbocycles. The first-order valence-corrected chi connectivity index (χ1v) is 15.2. The maximum atomic E-state index is 10.6. The monoisotopic (exact) mass is 829 g/mol. The molecule has 0 amide bonds. The number of likely N-dealkylation sites (tertiary alicyclic amines) is 1. The van der Waals surface area contributed by atoms with Crippen LogP contribution in [0, 0.1) is 0 Å². The molecule has 25 heteroatoms. The van der Waals surface area contributed by atoms with Gasteiger partial charge in [0.15, 0.2) is 0 Å². The Kier molecular flexibility index (Phi) is 17.3. The van der Waals surface area contributed by atoms with Crippen LogP contribution in [0.5, 0.6) is 0 Å². The number of halogens is 12. The number of benzene rings is 1. The van der Waals surface area contributed by atoms with Crippen LogP contribution in [0.1, 0.15) is 24.4 Å². The molecule has 1 fully saturated rings. The number of nitrogens with zero attached hydrogens (tertiary/aromatic N) is 5. The molecule has 56 heavy (non-hydrogen) atoms. The lowest BCUT2D eigenvalue weighted by Crippen LogP contribution is -2.56. The highest BCUT2D eigenvalue weighted by molar-refractivity contribution is 5.74. The van der Waals surface area contributed by atoms with Gasteiger partial charge in [0, 0.05) is 38.9 Å². The number of aliphatic carboxylic acids is 4. The number of aromatic nitrogens is 3. The van der Waals surface area contributed by atoms with E-state index < -0.39 is 48.6 Å². The predicted molar refractivity (Wildman–Crippen MR) is 165 cm³/mol. The number of carboxylic acids is 4. The largest absolute Gasteiger partial charge is 0.490 e. The SMILES string of the molecule is CN1CCn2c(-c3ccccc3)cnc2C12CCN(Cc1ccccn1)CC2.O=C(O)C(F)(F)F.O=C(O)C(F)(F)F.O=C(O)C(F)(F)F.O=C(O)C(F)(F)F. The molecule has 5 rings (SSSR count). The average molecular weight is 830 g/mol. The fourth-order valence-corrected chi connectivity index (χ4v) is 4.85. The Morgan fingerprint density at radius 2 is 1.04 bits per heavy atom. The van der Waals surface area contributed by atoms with Crippen LogP contribution in [0.4, 0.5) is 52.7 Å². The smallest absolute Gasteiger partial charge is 0.475 e. The number of piperidine rings is 1. The van der Waals surface area contributed by atoms with Crippen LogP contribution >= 0.6 is 0 Å². The average Bonchev–Trinajstić information content (AvgIpc) is 3.53. The van der Waals surface area contributed by atoms with Gasteiger partial charge in [-0.1, -0.05) is 36.4 Å². The zero-order chi connectivity index (χ0) is 43.3. The summed E-state index contributed by atoms with van der Waals surface area (Å²) < 4.78 is 129. The van der Waals surface area contributed by atoms with Gasteiger partial charge in [-0.15, -0.1) is 0 Å². The second kappa shape index (κ2) is 19.9. The third-order valence-electron chi connectivity index (χ3n) is 7.50. The fourth-order valence-electron chi connectivity index (χ4n) is 4.85. The highest BCUT2D eigenvalue weighted by Crippen LogP contribution is 2.41. The topological polar surface area (TPSA) is 186 Å². The molecule has 0 atom stereocenters. The number of pyridine rings is 1. The second-order valence-electron chi connectivity index (χ2n) is 11.2. The van der Waals surface area contributed by atoms with E-state index in [2.05, 4.69) is 75.1 Å². The number of hydrogen-bond acceptors (Lipinski definition) is 8. The Labute approximate surface area is 307 Å². The number of imidazole rings is 1. The van der Waals surface area contributed by atoms with Gasteiger partial charge >= 0.3 is 48.6 Å². The van der Waals surface area contributed by atoms with Crippen molar-refractivity contribution in [2.45, 2.75) is 56.2 Å². The summed E-state index contributed by atoms with van der Waals surface area (Å²) in [6.07, 6.45) is -14.1. The van der Waals surface area contributed by atoms with E-state index in [1.54, 1.807) is 0 Å².